The smallest absolute Gasteiger partial charge is 0.101 e. The van der Waals surface area contributed by atoms with Gasteiger partial charge in [0.25, 0.3) is 0 Å². The van der Waals surface area contributed by atoms with Gasteiger partial charge in [-0.05, 0) is 71.3 Å². The molecule has 0 unspecified atom stereocenters. The fraction of sp³-hybridized carbons (Fsp3) is 0. The van der Waals surface area contributed by atoms with E-state index in [1.165, 1.54) is 10.8 Å². The molecule has 0 aliphatic carbocycles. The predicted octanol–water partition coefficient (Wildman–Crippen LogP) is 11.0. The first-order valence-corrected chi connectivity index (χ1v) is 15.9. The number of para-hydroxylation sites is 4. The molecule has 4 heteroatoms. The number of benzene rings is 7. The van der Waals surface area contributed by atoms with Crippen LogP contribution in [-0.4, -0.2) is 9.13 Å². The number of nitrogens with zero attached hydrogens (tertiary/aromatic N) is 4. The zero-order valence-electron chi connectivity index (χ0n) is 25.8. The Morgan fingerprint density at radius 1 is 0.375 bits per heavy atom. The normalized spacial score (nSPS) is 11.3. The van der Waals surface area contributed by atoms with Gasteiger partial charge in [-0.25, -0.2) is 0 Å². The third-order valence-corrected chi connectivity index (χ3v) is 9.42. The van der Waals surface area contributed by atoms with Crippen molar-refractivity contribution in [2.75, 3.05) is 0 Å². The third-order valence-electron chi connectivity index (χ3n) is 9.42. The van der Waals surface area contributed by atoms with E-state index in [1.807, 2.05) is 36.4 Å². The van der Waals surface area contributed by atoms with Gasteiger partial charge in [0.15, 0.2) is 0 Å². The van der Waals surface area contributed by atoms with E-state index in [1.54, 1.807) is 0 Å². The molecule has 2 heterocycles. The quantitative estimate of drug-likeness (QED) is 0.199. The molecule has 9 aromatic rings. The van der Waals surface area contributed by atoms with Crippen LogP contribution in [0.25, 0.3) is 77.2 Å². The summed E-state index contributed by atoms with van der Waals surface area (Å²) in [4.78, 5) is 0. The molecule has 0 atom stereocenters. The topological polar surface area (TPSA) is 57.4 Å². The van der Waals surface area contributed by atoms with Gasteiger partial charge in [0, 0.05) is 27.1 Å². The van der Waals surface area contributed by atoms with Crippen molar-refractivity contribution in [3.8, 4) is 45.8 Å². The number of aromatic nitrogens is 2. The summed E-state index contributed by atoms with van der Waals surface area (Å²) in [7, 11) is 0. The molecule has 0 saturated heterocycles. The monoisotopic (exact) mass is 610 g/mol. The highest BCUT2D eigenvalue weighted by molar-refractivity contribution is 6.10. The minimum absolute atomic E-state index is 0.613. The van der Waals surface area contributed by atoms with Crippen molar-refractivity contribution in [1.82, 2.24) is 9.13 Å². The van der Waals surface area contributed by atoms with Crippen LogP contribution in [0.5, 0.6) is 0 Å². The zero-order chi connectivity index (χ0) is 32.2. The van der Waals surface area contributed by atoms with E-state index in [0.717, 1.165) is 66.5 Å². The molecular formula is C44H26N4. The van der Waals surface area contributed by atoms with E-state index in [9.17, 15) is 10.5 Å². The standard InChI is InChI=1S/C44H26N4/c45-27-29-17-24-43(47-39-13-5-1-9-34(39)35-10-2-6-14-40(35)47)38(25-29)31-20-18-30(19-21-31)32-22-23-33(28-46)44(26-32)48-41-15-7-3-11-36(41)37-12-4-8-16-42(37)48/h1-26H. The second-order valence-corrected chi connectivity index (χ2v) is 12.0. The summed E-state index contributed by atoms with van der Waals surface area (Å²) >= 11 is 0. The summed E-state index contributed by atoms with van der Waals surface area (Å²) in [6.45, 7) is 0. The summed E-state index contributed by atoms with van der Waals surface area (Å²) in [5.41, 5.74) is 11.5. The summed E-state index contributed by atoms with van der Waals surface area (Å²) in [5, 5.41) is 24.7. The molecule has 48 heavy (non-hydrogen) atoms. The largest absolute Gasteiger partial charge is 0.309 e. The minimum atomic E-state index is 0.613. The van der Waals surface area contributed by atoms with Crippen molar-refractivity contribution >= 4 is 43.6 Å². The van der Waals surface area contributed by atoms with Crippen LogP contribution in [0.1, 0.15) is 11.1 Å². The number of nitriles is 2. The van der Waals surface area contributed by atoms with E-state index in [2.05, 4.69) is 143 Å². The van der Waals surface area contributed by atoms with Gasteiger partial charge < -0.3 is 9.13 Å². The molecule has 0 fully saturated rings. The van der Waals surface area contributed by atoms with Gasteiger partial charge >= 0.3 is 0 Å². The Bertz CT molecular complexity index is 2690. The van der Waals surface area contributed by atoms with Gasteiger partial charge in [-0.1, -0.05) is 103 Å². The van der Waals surface area contributed by atoms with Gasteiger partial charge in [-0.2, -0.15) is 10.5 Å². The van der Waals surface area contributed by atoms with Crippen LogP contribution in [0.2, 0.25) is 0 Å². The lowest BCUT2D eigenvalue weighted by Gasteiger charge is -2.15. The first kappa shape index (κ1) is 27.4. The van der Waals surface area contributed by atoms with Gasteiger partial charge in [-0.3, -0.25) is 0 Å². The fourth-order valence-corrected chi connectivity index (χ4v) is 7.23. The van der Waals surface area contributed by atoms with Crippen molar-refractivity contribution in [3.63, 3.8) is 0 Å². The number of fused-ring (bicyclic) bond motifs is 6. The van der Waals surface area contributed by atoms with Gasteiger partial charge in [0.2, 0.25) is 0 Å². The molecule has 2 aromatic heterocycles. The zero-order valence-corrected chi connectivity index (χ0v) is 25.8. The lowest BCUT2D eigenvalue weighted by molar-refractivity contribution is 1.17. The molecule has 0 N–H and O–H groups in total. The van der Waals surface area contributed by atoms with Crippen LogP contribution in [0, 0.1) is 22.7 Å². The predicted molar refractivity (Wildman–Crippen MR) is 195 cm³/mol. The lowest BCUT2D eigenvalue weighted by atomic mass is 9.97. The summed E-state index contributed by atoms with van der Waals surface area (Å²) in [6.07, 6.45) is 0. The molecule has 0 saturated carbocycles. The van der Waals surface area contributed by atoms with Crippen molar-refractivity contribution in [2.45, 2.75) is 0 Å². The first-order chi connectivity index (χ1) is 23.7. The van der Waals surface area contributed by atoms with E-state index in [4.69, 9.17) is 0 Å². The highest BCUT2D eigenvalue weighted by atomic mass is 15.0. The van der Waals surface area contributed by atoms with Crippen LogP contribution in [-0.2, 0) is 0 Å². The Morgan fingerprint density at radius 2 is 0.833 bits per heavy atom. The van der Waals surface area contributed by atoms with Crippen LogP contribution < -0.4 is 0 Å². The molecule has 9 rings (SSSR count). The molecule has 0 aliphatic rings. The van der Waals surface area contributed by atoms with E-state index in [0.29, 0.717) is 11.1 Å². The van der Waals surface area contributed by atoms with Gasteiger partial charge in [0.05, 0.1) is 50.6 Å². The average Bonchev–Trinajstić information content (AvgIpc) is 3.67. The summed E-state index contributed by atoms with van der Waals surface area (Å²) < 4.78 is 4.50. The van der Waals surface area contributed by atoms with Crippen LogP contribution in [0.4, 0.5) is 0 Å². The molecule has 0 aliphatic heterocycles. The Balaban J connectivity index is 1.19. The molecule has 0 amide bonds. The van der Waals surface area contributed by atoms with E-state index >= 15 is 0 Å². The van der Waals surface area contributed by atoms with Gasteiger partial charge in [-0.15, -0.1) is 0 Å². The first-order valence-electron chi connectivity index (χ1n) is 15.9. The molecule has 0 spiro atoms. The molecule has 222 valence electrons. The minimum Gasteiger partial charge on any atom is -0.309 e. The highest BCUT2D eigenvalue weighted by Crippen LogP contribution is 2.38. The van der Waals surface area contributed by atoms with Crippen LogP contribution >= 0.6 is 0 Å². The number of rotatable bonds is 4. The van der Waals surface area contributed by atoms with Crippen molar-refractivity contribution < 1.29 is 0 Å². The average molecular weight is 611 g/mol. The molecule has 7 aromatic carbocycles. The third kappa shape index (κ3) is 4.14. The molecular weight excluding hydrogens is 585 g/mol. The van der Waals surface area contributed by atoms with Crippen LogP contribution in [0.15, 0.2) is 158 Å². The van der Waals surface area contributed by atoms with Crippen LogP contribution in [0.3, 0.4) is 0 Å². The maximum atomic E-state index is 10.2. The molecule has 0 radical (unpaired) electrons. The SMILES string of the molecule is N#Cc1ccc(-n2c3ccccc3c3ccccc32)c(-c2ccc(-c3ccc(C#N)c(-n4c5ccccc5c5ccccc54)c3)cc2)c1. The van der Waals surface area contributed by atoms with Gasteiger partial charge in [0.1, 0.15) is 6.07 Å². The van der Waals surface area contributed by atoms with Crippen molar-refractivity contribution in [3.05, 3.63) is 169 Å². The second-order valence-electron chi connectivity index (χ2n) is 12.0. The summed E-state index contributed by atoms with van der Waals surface area (Å²) in [5.74, 6) is 0. The van der Waals surface area contributed by atoms with E-state index in [-0.39, 0.29) is 0 Å². The lowest BCUT2D eigenvalue weighted by Crippen LogP contribution is -1.99. The fourth-order valence-electron chi connectivity index (χ4n) is 7.23. The molecule has 0 bridgehead atoms. The summed E-state index contributed by atoms with van der Waals surface area (Å²) in [6, 6.07) is 58.9. The second kappa shape index (κ2) is 10.9. The number of hydrogen-bond acceptors (Lipinski definition) is 2. The Morgan fingerprint density at radius 3 is 1.33 bits per heavy atom. The Hall–Kier alpha value is -6.88. The van der Waals surface area contributed by atoms with Crippen molar-refractivity contribution in [1.29, 1.82) is 10.5 Å². The Labute approximate surface area is 277 Å². The van der Waals surface area contributed by atoms with Crippen molar-refractivity contribution in [2.24, 2.45) is 0 Å². The maximum absolute atomic E-state index is 10.2. The number of hydrogen-bond donors (Lipinski definition) is 0. The highest BCUT2D eigenvalue weighted by Gasteiger charge is 2.18. The maximum Gasteiger partial charge on any atom is 0.101 e. The van der Waals surface area contributed by atoms with E-state index < -0.39 is 0 Å². The Kier molecular flexibility index (Phi) is 6.22. The molecule has 4 nitrogen and oxygen atoms in total.